The molecule has 0 bridgehead atoms. The summed E-state index contributed by atoms with van der Waals surface area (Å²) in [5.74, 6) is -2.86. The Morgan fingerprint density at radius 2 is 2.00 bits per heavy atom. The first-order valence-electron chi connectivity index (χ1n) is 4.40. The number of benzene rings is 1. The molecule has 0 heterocycles. The molecule has 1 N–H and O–H groups in total. The first-order chi connectivity index (χ1) is 6.66. The number of rotatable bonds is 4. The van der Waals surface area contributed by atoms with Gasteiger partial charge in [-0.15, -0.1) is 0 Å². The van der Waals surface area contributed by atoms with Crippen LogP contribution in [0.3, 0.4) is 0 Å². The number of hydrogen-bond donors (Lipinski definition) is 1. The number of halogens is 2. The standard InChI is InChI=1S/C10H12F2O2/c1-2-14-6-5-7-3-4-8(13)10(12)9(7)11/h3-4,13H,2,5-6H2,1H3. The quantitative estimate of drug-likeness (QED) is 0.759. The van der Waals surface area contributed by atoms with Crippen molar-refractivity contribution in [3.05, 3.63) is 29.3 Å². The van der Waals surface area contributed by atoms with Gasteiger partial charge in [0, 0.05) is 6.61 Å². The van der Waals surface area contributed by atoms with Crippen molar-refractivity contribution in [1.82, 2.24) is 0 Å². The van der Waals surface area contributed by atoms with Crippen molar-refractivity contribution in [1.29, 1.82) is 0 Å². The third-order valence-corrected chi connectivity index (χ3v) is 1.86. The summed E-state index contributed by atoms with van der Waals surface area (Å²) in [5.41, 5.74) is 0.216. The lowest BCUT2D eigenvalue weighted by molar-refractivity contribution is 0.150. The van der Waals surface area contributed by atoms with Crippen LogP contribution in [0.4, 0.5) is 8.78 Å². The van der Waals surface area contributed by atoms with E-state index in [1.54, 1.807) is 0 Å². The average molecular weight is 202 g/mol. The molecule has 2 nitrogen and oxygen atoms in total. The van der Waals surface area contributed by atoms with Crippen molar-refractivity contribution in [3.8, 4) is 5.75 Å². The fourth-order valence-electron chi connectivity index (χ4n) is 1.10. The van der Waals surface area contributed by atoms with Gasteiger partial charge in [0.15, 0.2) is 11.6 Å². The Bertz CT molecular complexity index is 313. The van der Waals surface area contributed by atoms with Gasteiger partial charge < -0.3 is 9.84 Å². The zero-order valence-electron chi connectivity index (χ0n) is 7.89. The summed E-state index contributed by atoms with van der Waals surface area (Å²) in [6, 6.07) is 2.49. The van der Waals surface area contributed by atoms with Gasteiger partial charge in [-0.1, -0.05) is 6.07 Å². The molecule has 0 amide bonds. The molecule has 14 heavy (non-hydrogen) atoms. The Labute approximate surface area is 81.1 Å². The van der Waals surface area contributed by atoms with Crippen molar-refractivity contribution in [2.75, 3.05) is 13.2 Å². The van der Waals surface area contributed by atoms with Crippen molar-refractivity contribution < 1.29 is 18.6 Å². The minimum absolute atomic E-state index is 0.216. The van der Waals surface area contributed by atoms with E-state index in [2.05, 4.69) is 0 Å². The molecule has 0 saturated carbocycles. The molecule has 78 valence electrons. The maximum atomic E-state index is 13.1. The van der Waals surface area contributed by atoms with Gasteiger partial charge in [0.05, 0.1) is 6.61 Å². The normalized spacial score (nSPS) is 10.5. The molecular formula is C10H12F2O2. The van der Waals surface area contributed by atoms with E-state index in [-0.39, 0.29) is 5.56 Å². The van der Waals surface area contributed by atoms with E-state index < -0.39 is 17.4 Å². The minimum atomic E-state index is -1.20. The molecule has 0 spiro atoms. The van der Waals surface area contributed by atoms with Crippen molar-refractivity contribution in [2.45, 2.75) is 13.3 Å². The Morgan fingerprint density at radius 1 is 1.29 bits per heavy atom. The number of aromatic hydroxyl groups is 1. The highest BCUT2D eigenvalue weighted by molar-refractivity contribution is 5.29. The molecule has 0 fully saturated rings. The van der Waals surface area contributed by atoms with Crippen molar-refractivity contribution in [3.63, 3.8) is 0 Å². The molecule has 1 aromatic carbocycles. The molecule has 0 radical (unpaired) electrons. The average Bonchev–Trinajstić information content (AvgIpc) is 2.18. The largest absolute Gasteiger partial charge is 0.505 e. The number of phenols is 1. The highest BCUT2D eigenvalue weighted by atomic mass is 19.2. The van der Waals surface area contributed by atoms with E-state index in [9.17, 15) is 8.78 Å². The monoisotopic (exact) mass is 202 g/mol. The molecule has 4 heteroatoms. The van der Waals surface area contributed by atoms with Gasteiger partial charge in [0.2, 0.25) is 5.82 Å². The lowest BCUT2D eigenvalue weighted by Crippen LogP contribution is -2.01. The van der Waals surface area contributed by atoms with Crippen LogP contribution in [0.2, 0.25) is 0 Å². The summed E-state index contributed by atoms with van der Waals surface area (Å²) in [6.07, 6.45) is 0.302. The van der Waals surface area contributed by atoms with Gasteiger partial charge in [0.25, 0.3) is 0 Å². The van der Waals surface area contributed by atoms with Gasteiger partial charge in [0.1, 0.15) is 0 Å². The highest BCUT2D eigenvalue weighted by Gasteiger charge is 2.11. The molecule has 1 aromatic rings. The van der Waals surface area contributed by atoms with E-state index in [1.807, 2.05) is 6.92 Å². The Hall–Kier alpha value is -1.16. The summed E-state index contributed by atoms with van der Waals surface area (Å²) < 4.78 is 30.9. The van der Waals surface area contributed by atoms with Crippen LogP contribution in [0.15, 0.2) is 12.1 Å². The summed E-state index contributed by atoms with van der Waals surface area (Å²) in [7, 11) is 0. The van der Waals surface area contributed by atoms with Crippen molar-refractivity contribution >= 4 is 0 Å². The van der Waals surface area contributed by atoms with Crippen LogP contribution in [0.25, 0.3) is 0 Å². The Morgan fingerprint density at radius 3 is 2.64 bits per heavy atom. The van der Waals surface area contributed by atoms with Gasteiger partial charge in [-0.3, -0.25) is 0 Å². The first kappa shape index (κ1) is 10.9. The molecule has 0 aliphatic heterocycles. The number of ether oxygens (including phenoxy) is 1. The van der Waals surface area contributed by atoms with E-state index in [0.29, 0.717) is 19.6 Å². The molecule has 0 aliphatic rings. The number of hydrogen-bond acceptors (Lipinski definition) is 2. The molecule has 0 unspecified atom stereocenters. The second-order valence-corrected chi connectivity index (χ2v) is 2.82. The van der Waals surface area contributed by atoms with Gasteiger partial charge >= 0.3 is 0 Å². The van der Waals surface area contributed by atoms with Gasteiger partial charge in [-0.25, -0.2) is 4.39 Å². The first-order valence-corrected chi connectivity index (χ1v) is 4.40. The van der Waals surface area contributed by atoms with Crippen LogP contribution in [-0.2, 0) is 11.2 Å². The van der Waals surface area contributed by atoms with Gasteiger partial charge in [-0.2, -0.15) is 4.39 Å². The predicted molar refractivity (Wildman–Crippen MR) is 48.2 cm³/mol. The number of phenolic OH excluding ortho intramolecular Hbond substituents is 1. The zero-order valence-corrected chi connectivity index (χ0v) is 7.89. The van der Waals surface area contributed by atoms with Crippen LogP contribution in [0, 0.1) is 11.6 Å². The SMILES string of the molecule is CCOCCc1ccc(O)c(F)c1F. The van der Waals surface area contributed by atoms with E-state index in [4.69, 9.17) is 9.84 Å². The minimum Gasteiger partial charge on any atom is -0.505 e. The molecule has 0 aromatic heterocycles. The van der Waals surface area contributed by atoms with Crippen LogP contribution < -0.4 is 0 Å². The summed E-state index contributed by atoms with van der Waals surface area (Å²) >= 11 is 0. The van der Waals surface area contributed by atoms with Crippen molar-refractivity contribution in [2.24, 2.45) is 0 Å². The molecular weight excluding hydrogens is 190 g/mol. The smallest absolute Gasteiger partial charge is 0.200 e. The summed E-state index contributed by atoms with van der Waals surface area (Å²) in [6.45, 7) is 2.72. The molecule has 0 aliphatic carbocycles. The third kappa shape index (κ3) is 2.42. The second kappa shape index (κ2) is 4.91. The maximum Gasteiger partial charge on any atom is 0.200 e. The fourth-order valence-corrected chi connectivity index (χ4v) is 1.10. The van der Waals surface area contributed by atoms with E-state index in [1.165, 1.54) is 6.07 Å². The molecule has 1 rings (SSSR count). The van der Waals surface area contributed by atoms with Crippen LogP contribution >= 0.6 is 0 Å². The van der Waals surface area contributed by atoms with E-state index >= 15 is 0 Å². The van der Waals surface area contributed by atoms with Crippen LogP contribution in [-0.4, -0.2) is 18.3 Å². The predicted octanol–water partition coefficient (Wildman–Crippen LogP) is 2.25. The Kier molecular flexibility index (Phi) is 3.83. The lowest BCUT2D eigenvalue weighted by atomic mass is 10.1. The zero-order chi connectivity index (χ0) is 10.6. The highest BCUT2D eigenvalue weighted by Crippen LogP contribution is 2.21. The lowest BCUT2D eigenvalue weighted by Gasteiger charge is -2.05. The molecule has 0 saturated heterocycles. The van der Waals surface area contributed by atoms with Crippen LogP contribution in [0.1, 0.15) is 12.5 Å². The fraction of sp³-hybridized carbons (Fsp3) is 0.400. The van der Waals surface area contributed by atoms with Gasteiger partial charge in [-0.05, 0) is 25.0 Å². The third-order valence-electron chi connectivity index (χ3n) is 1.86. The second-order valence-electron chi connectivity index (χ2n) is 2.82. The summed E-state index contributed by atoms with van der Waals surface area (Å²) in [5, 5.41) is 8.85. The maximum absolute atomic E-state index is 13.1. The van der Waals surface area contributed by atoms with E-state index in [0.717, 1.165) is 6.07 Å². The topological polar surface area (TPSA) is 29.5 Å². The van der Waals surface area contributed by atoms with Crippen LogP contribution in [0.5, 0.6) is 5.75 Å². The Balaban J connectivity index is 2.73. The summed E-state index contributed by atoms with van der Waals surface area (Å²) in [4.78, 5) is 0. The molecule has 0 atom stereocenters.